The van der Waals surface area contributed by atoms with E-state index in [0.717, 1.165) is 5.76 Å². The number of nitrogens with zero attached hydrogens (tertiary/aromatic N) is 4. The van der Waals surface area contributed by atoms with Crippen LogP contribution >= 0.6 is 0 Å². The number of hydrogen-bond donors (Lipinski definition) is 0. The lowest BCUT2D eigenvalue weighted by molar-refractivity contribution is -0.131. The van der Waals surface area contributed by atoms with E-state index in [1.165, 1.54) is 9.80 Å². The van der Waals surface area contributed by atoms with Gasteiger partial charge >= 0.3 is 0 Å². The Balaban J connectivity index is 1.68. The minimum Gasteiger partial charge on any atom is -0.480 e. The summed E-state index contributed by atoms with van der Waals surface area (Å²) >= 11 is 0. The molecule has 8 heteroatoms. The Labute approximate surface area is 145 Å². The second-order valence-corrected chi connectivity index (χ2v) is 6.22. The molecule has 0 saturated heterocycles. The van der Waals surface area contributed by atoms with Gasteiger partial charge < -0.3 is 14.2 Å². The van der Waals surface area contributed by atoms with Gasteiger partial charge in [-0.25, -0.2) is 4.98 Å². The first kappa shape index (κ1) is 16.9. The minimum absolute atomic E-state index is 0.0996. The number of carbonyl (C=O) groups is 2. The highest BCUT2D eigenvalue weighted by Gasteiger charge is 2.29. The number of anilines is 1. The third-order valence-corrected chi connectivity index (χ3v) is 3.92. The van der Waals surface area contributed by atoms with E-state index < -0.39 is 0 Å². The molecule has 0 saturated carbocycles. The first-order valence-electron chi connectivity index (χ1n) is 8.03. The minimum atomic E-state index is -0.295. The fraction of sp³-hybridized carbons (Fsp3) is 0.412. The van der Waals surface area contributed by atoms with E-state index in [4.69, 9.17) is 9.26 Å². The number of pyridine rings is 1. The molecular weight excluding hydrogens is 324 g/mol. The monoisotopic (exact) mass is 344 g/mol. The molecule has 25 heavy (non-hydrogen) atoms. The number of aromatic nitrogens is 2. The highest BCUT2D eigenvalue weighted by atomic mass is 16.5. The lowest BCUT2D eigenvalue weighted by atomic mass is 10.1. The molecule has 2 aromatic rings. The van der Waals surface area contributed by atoms with Gasteiger partial charge in [-0.15, -0.1) is 0 Å². The average Bonchev–Trinajstić information content (AvgIpc) is 3.06. The van der Waals surface area contributed by atoms with Gasteiger partial charge in [-0.3, -0.25) is 14.5 Å². The van der Waals surface area contributed by atoms with Crippen LogP contribution in [0.3, 0.4) is 0 Å². The molecule has 0 aromatic carbocycles. The van der Waals surface area contributed by atoms with Crippen molar-refractivity contribution in [1.29, 1.82) is 0 Å². The Morgan fingerprint density at radius 3 is 2.96 bits per heavy atom. The summed E-state index contributed by atoms with van der Waals surface area (Å²) in [5.74, 6) is 1.35. The molecule has 0 bridgehead atoms. The predicted molar refractivity (Wildman–Crippen MR) is 89.2 cm³/mol. The molecule has 0 unspecified atom stereocenters. The first-order valence-corrected chi connectivity index (χ1v) is 8.03. The Morgan fingerprint density at radius 2 is 2.24 bits per heavy atom. The van der Waals surface area contributed by atoms with Crippen molar-refractivity contribution in [3.8, 4) is 5.75 Å². The molecule has 1 aliphatic rings. The van der Waals surface area contributed by atoms with Crippen LogP contribution in [0.1, 0.15) is 31.2 Å². The van der Waals surface area contributed by atoms with Crippen molar-refractivity contribution in [2.24, 2.45) is 0 Å². The summed E-state index contributed by atoms with van der Waals surface area (Å²) in [6.07, 6.45) is 1.56. The van der Waals surface area contributed by atoms with Crippen molar-refractivity contribution in [1.82, 2.24) is 15.0 Å². The van der Waals surface area contributed by atoms with E-state index in [2.05, 4.69) is 10.1 Å². The Kier molecular flexibility index (Phi) is 4.69. The van der Waals surface area contributed by atoms with Crippen LogP contribution in [-0.2, 0) is 16.1 Å². The fourth-order valence-corrected chi connectivity index (χ4v) is 2.46. The molecule has 8 nitrogen and oxygen atoms in total. The quantitative estimate of drug-likeness (QED) is 0.818. The maximum atomic E-state index is 12.5. The van der Waals surface area contributed by atoms with Gasteiger partial charge in [-0.2, -0.15) is 0 Å². The molecule has 0 atom stereocenters. The molecule has 2 aromatic heterocycles. The van der Waals surface area contributed by atoms with E-state index >= 15 is 0 Å². The highest BCUT2D eigenvalue weighted by molar-refractivity contribution is 6.01. The van der Waals surface area contributed by atoms with Crippen molar-refractivity contribution in [2.45, 2.75) is 26.3 Å². The first-order chi connectivity index (χ1) is 12.0. The Morgan fingerprint density at radius 1 is 1.44 bits per heavy atom. The number of likely N-dealkylation sites (N-methyl/N-ethyl adjacent to an activating group) is 1. The maximum absolute atomic E-state index is 12.5. The molecule has 2 amide bonds. The van der Waals surface area contributed by atoms with Gasteiger partial charge in [0.2, 0.25) is 5.91 Å². The van der Waals surface area contributed by atoms with Gasteiger partial charge in [0.1, 0.15) is 18.0 Å². The molecule has 1 aliphatic heterocycles. The third kappa shape index (κ3) is 3.62. The van der Waals surface area contributed by atoms with Crippen molar-refractivity contribution >= 4 is 17.6 Å². The standard InChI is InChI=1S/C17H20N4O4/c1-11(2)14-7-12(19-25-14)8-20(3)15(22)9-21-16(23)10-24-13-5-4-6-18-17(13)21/h4-7,11H,8-10H2,1-3H3. The van der Waals surface area contributed by atoms with Gasteiger partial charge in [0.05, 0.1) is 6.54 Å². The molecule has 132 valence electrons. The average molecular weight is 344 g/mol. The van der Waals surface area contributed by atoms with Gasteiger partial charge in [0, 0.05) is 25.2 Å². The van der Waals surface area contributed by atoms with E-state index in [0.29, 0.717) is 23.8 Å². The summed E-state index contributed by atoms with van der Waals surface area (Å²) in [5, 5.41) is 3.98. The van der Waals surface area contributed by atoms with Crippen LogP contribution in [0.2, 0.25) is 0 Å². The SMILES string of the molecule is CC(C)c1cc(CN(C)C(=O)CN2C(=O)COc3cccnc32)no1. The van der Waals surface area contributed by atoms with E-state index in [1.54, 1.807) is 25.4 Å². The van der Waals surface area contributed by atoms with Crippen molar-refractivity contribution < 1.29 is 18.8 Å². The summed E-state index contributed by atoms with van der Waals surface area (Å²) in [6, 6.07) is 5.28. The van der Waals surface area contributed by atoms with Gasteiger partial charge in [-0.05, 0) is 12.1 Å². The predicted octanol–water partition coefficient (Wildman–Crippen LogP) is 1.58. The number of ether oxygens (including phenoxy) is 1. The maximum Gasteiger partial charge on any atom is 0.266 e. The topological polar surface area (TPSA) is 88.8 Å². The van der Waals surface area contributed by atoms with Crippen LogP contribution in [0.15, 0.2) is 28.9 Å². The number of hydrogen-bond acceptors (Lipinski definition) is 6. The Hall–Kier alpha value is -2.90. The smallest absolute Gasteiger partial charge is 0.266 e. The Bertz CT molecular complexity index is 786. The van der Waals surface area contributed by atoms with E-state index in [9.17, 15) is 9.59 Å². The molecule has 3 heterocycles. The third-order valence-electron chi connectivity index (χ3n) is 3.92. The summed E-state index contributed by atoms with van der Waals surface area (Å²) in [4.78, 5) is 31.6. The van der Waals surface area contributed by atoms with Gasteiger partial charge in [0.25, 0.3) is 5.91 Å². The number of fused-ring (bicyclic) bond motifs is 1. The van der Waals surface area contributed by atoms with Crippen LogP contribution < -0.4 is 9.64 Å². The molecular formula is C17H20N4O4. The van der Waals surface area contributed by atoms with Crippen LogP contribution in [0.25, 0.3) is 0 Å². The van der Waals surface area contributed by atoms with E-state index in [-0.39, 0.29) is 30.9 Å². The van der Waals surface area contributed by atoms with Gasteiger partial charge in [0.15, 0.2) is 18.2 Å². The zero-order chi connectivity index (χ0) is 18.0. The van der Waals surface area contributed by atoms with E-state index in [1.807, 2.05) is 19.9 Å². The molecule has 0 fully saturated rings. The second kappa shape index (κ2) is 6.92. The second-order valence-electron chi connectivity index (χ2n) is 6.22. The van der Waals surface area contributed by atoms with Crippen molar-refractivity contribution in [3.63, 3.8) is 0 Å². The lowest BCUT2D eigenvalue weighted by Crippen LogP contribution is -2.45. The summed E-state index contributed by atoms with van der Waals surface area (Å²) in [5.41, 5.74) is 0.673. The lowest BCUT2D eigenvalue weighted by Gasteiger charge is -2.28. The normalized spacial score (nSPS) is 13.6. The number of carbonyl (C=O) groups excluding carboxylic acids is 2. The van der Waals surface area contributed by atoms with Gasteiger partial charge in [-0.1, -0.05) is 19.0 Å². The molecule has 0 radical (unpaired) electrons. The zero-order valence-corrected chi connectivity index (χ0v) is 14.4. The largest absolute Gasteiger partial charge is 0.480 e. The molecule has 3 rings (SSSR count). The summed E-state index contributed by atoms with van der Waals surface area (Å²) in [7, 11) is 1.66. The van der Waals surface area contributed by atoms with Crippen molar-refractivity contribution in [3.05, 3.63) is 35.9 Å². The molecule has 0 aliphatic carbocycles. The molecule has 0 N–H and O–H groups in total. The highest BCUT2D eigenvalue weighted by Crippen LogP contribution is 2.28. The molecule has 0 spiro atoms. The van der Waals surface area contributed by atoms with Crippen LogP contribution in [0, 0.1) is 0 Å². The van der Waals surface area contributed by atoms with Crippen LogP contribution in [0.5, 0.6) is 5.75 Å². The fourth-order valence-electron chi connectivity index (χ4n) is 2.46. The summed E-state index contributed by atoms with van der Waals surface area (Å²) in [6.45, 7) is 4.12. The van der Waals surface area contributed by atoms with Crippen LogP contribution in [-0.4, -0.2) is 47.1 Å². The summed E-state index contributed by atoms with van der Waals surface area (Å²) < 4.78 is 10.6. The van der Waals surface area contributed by atoms with Crippen LogP contribution in [0.4, 0.5) is 5.82 Å². The number of amides is 2. The van der Waals surface area contributed by atoms with Crippen molar-refractivity contribution in [2.75, 3.05) is 25.1 Å². The zero-order valence-electron chi connectivity index (χ0n) is 14.4. The number of rotatable bonds is 5.